The number of thioether (sulfide) groups is 1. The SMILES string of the molecule is CC(C)CNCc1cccnc1SCc1ccc(Cl)cc1. The molecule has 0 bridgehead atoms. The normalized spacial score (nSPS) is 11.0. The molecular formula is C17H21ClN2S. The van der Waals surface area contributed by atoms with E-state index in [2.05, 4.69) is 42.3 Å². The minimum Gasteiger partial charge on any atom is -0.312 e. The van der Waals surface area contributed by atoms with Crippen LogP contribution in [0.5, 0.6) is 0 Å². The first kappa shape index (κ1) is 16.3. The highest BCUT2D eigenvalue weighted by molar-refractivity contribution is 7.98. The number of hydrogen-bond acceptors (Lipinski definition) is 3. The third kappa shape index (κ3) is 5.70. The molecule has 0 spiro atoms. The first-order valence-corrected chi connectivity index (χ1v) is 8.53. The highest BCUT2D eigenvalue weighted by Crippen LogP contribution is 2.24. The summed E-state index contributed by atoms with van der Waals surface area (Å²) in [4.78, 5) is 4.51. The quantitative estimate of drug-likeness (QED) is 0.744. The molecular weight excluding hydrogens is 300 g/mol. The second kappa shape index (κ2) is 8.42. The van der Waals surface area contributed by atoms with Crippen molar-refractivity contribution in [2.75, 3.05) is 6.54 Å². The number of halogens is 1. The zero-order valence-corrected chi connectivity index (χ0v) is 14.0. The van der Waals surface area contributed by atoms with Gasteiger partial charge in [-0.1, -0.05) is 43.6 Å². The predicted molar refractivity (Wildman–Crippen MR) is 91.8 cm³/mol. The molecule has 1 aromatic heterocycles. The number of nitrogens with zero attached hydrogens (tertiary/aromatic N) is 1. The number of benzene rings is 1. The van der Waals surface area contributed by atoms with Gasteiger partial charge in [-0.25, -0.2) is 4.98 Å². The van der Waals surface area contributed by atoms with E-state index in [4.69, 9.17) is 11.6 Å². The summed E-state index contributed by atoms with van der Waals surface area (Å²) in [6.07, 6.45) is 1.86. The molecule has 1 aromatic carbocycles. The van der Waals surface area contributed by atoms with Crippen molar-refractivity contribution < 1.29 is 0 Å². The Morgan fingerprint density at radius 2 is 1.95 bits per heavy atom. The number of rotatable bonds is 7. The molecule has 1 N–H and O–H groups in total. The fraction of sp³-hybridized carbons (Fsp3) is 0.353. The smallest absolute Gasteiger partial charge is 0.101 e. The van der Waals surface area contributed by atoms with Crippen LogP contribution in [0.15, 0.2) is 47.6 Å². The Hall–Kier alpha value is -1.03. The van der Waals surface area contributed by atoms with Crippen LogP contribution in [0.1, 0.15) is 25.0 Å². The third-order valence-electron chi connectivity index (χ3n) is 3.01. The van der Waals surface area contributed by atoms with Gasteiger partial charge in [0.1, 0.15) is 5.03 Å². The summed E-state index contributed by atoms with van der Waals surface area (Å²) in [5, 5.41) is 5.35. The van der Waals surface area contributed by atoms with Gasteiger partial charge < -0.3 is 5.32 Å². The van der Waals surface area contributed by atoms with E-state index in [0.29, 0.717) is 5.92 Å². The Bertz CT molecular complexity index is 555. The van der Waals surface area contributed by atoms with Gasteiger partial charge in [0, 0.05) is 23.5 Å². The van der Waals surface area contributed by atoms with E-state index >= 15 is 0 Å². The Morgan fingerprint density at radius 3 is 2.67 bits per heavy atom. The van der Waals surface area contributed by atoms with Gasteiger partial charge in [0.25, 0.3) is 0 Å². The fourth-order valence-corrected chi connectivity index (χ4v) is 3.00. The van der Waals surface area contributed by atoms with Gasteiger partial charge in [-0.2, -0.15) is 0 Å². The zero-order chi connectivity index (χ0) is 15.1. The van der Waals surface area contributed by atoms with Crippen LogP contribution in [0.25, 0.3) is 0 Å². The predicted octanol–water partition coefficient (Wildman–Crippen LogP) is 4.77. The lowest BCUT2D eigenvalue weighted by atomic mass is 10.2. The Labute approximate surface area is 136 Å². The Morgan fingerprint density at radius 1 is 1.19 bits per heavy atom. The van der Waals surface area contributed by atoms with Crippen molar-refractivity contribution >= 4 is 23.4 Å². The van der Waals surface area contributed by atoms with E-state index in [9.17, 15) is 0 Å². The average molecular weight is 321 g/mol. The summed E-state index contributed by atoms with van der Waals surface area (Å²) >= 11 is 7.68. The van der Waals surface area contributed by atoms with Crippen molar-refractivity contribution in [1.29, 1.82) is 0 Å². The van der Waals surface area contributed by atoms with E-state index in [1.807, 2.05) is 24.4 Å². The molecule has 2 aromatic rings. The molecule has 2 rings (SSSR count). The number of hydrogen-bond donors (Lipinski definition) is 1. The van der Waals surface area contributed by atoms with Crippen LogP contribution >= 0.6 is 23.4 Å². The van der Waals surface area contributed by atoms with Gasteiger partial charge in [-0.05, 0) is 41.8 Å². The molecule has 0 saturated carbocycles. The third-order valence-corrected chi connectivity index (χ3v) is 4.38. The summed E-state index contributed by atoms with van der Waals surface area (Å²) in [6, 6.07) is 12.1. The monoisotopic (exact) mass is 320 g/mol. The molecule has 0 saturated heterocycles. The van der Waals surface area contributed by atoms with Crippen LogP contribution in [-0.4, -0.2) is 11.5 Å². The van der Waals surface area contributed by atoms with Gasteiger partial charge >= 0.3 is 0 Å². The van der Waals surface area contributed by atoms with E-state index in [1.54, 1.807) is 11.8 Å². The molecule has 112 valence electrons. The summed E-state index contributed by atoms with van der Waals surface area (Å²) in [5.74, 6) is 1.57. The van der Waals surface area contributed by atoms with Crippen LogP contribution in [0.4, 0.5) is 0 Å². The lowest BCUT2D eigenvalue weighted by molar-refractivity contribution is 0.549. The summed E-state index contributed by atoms with van der Waals surface area (Å²) in [5.41, 5.74) is 2.52. The maximum absolute atomic E-state index is 5.91. The zero-order valence-electron chi connectivity index (χ0n) is 12.5. The van der Waals surface area contributed by atoms with E-state index in [1.165, 1.54) is 11.1 Å². The topological polar surface area (TPSA) is 24.9 Å². The maximum Gasteiger partial charge on any atom is 0.101 e. The number of aromatic nitrogens is 1. The van der Waals surface area contributed by atoms with Gasteiger partial charge in [0.15, 0.2) is 0 Å². The summed E-state index contributed by atoms with van der Waals surface area (Å²) in [7, 11) is 0. The standard InChI is InChI=1S/C17H21ClN2S/c1-13(2)10-19-11-15-4-3-9-20-17(15)21-12-14-5-7-16(18)8-6-14/h3-9,13,19H,10-12H2,1-2H3. The van der Waals surface area contributed by atoms with Gasteiger partial charge in [0.05, 0.1) is 0 Å². The van der Waals surface area contributed by atoms with Crippen molar-refractivity contribution in [1.82, 2.24) is 10.3 Å². The van der Waals surface area contributed by atoms with Crippen LogP contribution < -0.4 is 5.32 Å². The molecule has 0 unspecified atom stereocenters. The van der Waals surface area contributed by atoms with Crippen molar-refractivity contribution in [3.8, 4) is 0 Å². The highest BCUT2D eigenvalue weighted by atomic mass is 35.5. The summed E-state index contributed by atoms with van der Waals surface area (Å²) in [6.45, 7) is 6.32. The second-order valence-corrected chi connectivity index (χ2v) is 6.81. The van der Waals surface area contributed by atoms with Gasteiger partial charge in [0.2, 0.25) is 0 Å². The van der Waals surface area contributed by atoms with Crippen LogP contribution in [0, 0.1) is 5.92 Å². The lowest BCUT2D eigenvalue weighted by Gasteiger charge is -2.11. The second-order valence-electron chi connectivity index (χ2n) is 5.41. The molecule has 0 fully saturated rings. The van der Waals surface area contributed by atoms with Crippen LogP contribution in [0.3, 0.4) is 0 Å². The maximum atomic E-state index is 5.91. The Balaban J connectivity index is 1.94. The van der Waals surface area contributed by atoms with Gasteiger partial charge in [-0.15, -0.1) is 11.8 Å². The van der Waals surface area contributed by atoms with E-state index < -0.39 is 0 Å². The Kier molecular flexibility index (Phi) is 6.55. The first-order valence-electron chi connectivity index (χ1n) is 7.17. The van der Waals surface area contributed by atoms with Crippen molar-refractivity contribution in [2.24, 2.45) is 5.92 Å². The molecule has 0 radical (unpaired) electrons. The molecule has 2 nitrogen and oxygen atoms in total. The molecule has 0 atom stereocenters. The van der Waals surface area contributed by atoms with E-state index in [0.717, 1.165) is 28.9 Å². The average Bonchev–Trinajstić information content (AvgIpc) is 2.47. The molecule has 0 aliphatic heterocycles. The molecule has 21 heavy (non-hydrogen) atoms. The fourth-order valence-electron chi connectivity index (χ4n) is 1.92. The number of pyridine rings is 1. The van der Waals surface area contributed by atoms with Crippen LogP contribution in [-0.2, 0) is 12.3 Å². The van der Waals surface area contributed by atoms with E-state index in [-0.39, 0.29) is 0 Å². The summed E-state index contributed by atoms with van der Waals surface area (Å²) < 4.78 is 0. The molecule has 4 heteroatoms. The molecule has 0 aliphatic rings. The highest BCUT2D eigenvalue weighted by Gasteiger charge is 2.05. The van der Waals surface area contributed by atoms with Gasteiger partial charge in [-0.3, -0.25) is 0 Å². The van der Waals surface area contributed by atoms with Crippen LogP contribution in [0.2, 0.25) is 5.02 Å². The minimum absolute atomic E-state index is 0.659. The molecule has 1 heterocycles. The lowest BCUT2D eigenvalue weighted by Crippen LogP contribution is -2.19. The molecule has 0 amide bonds. The minimum atomic E-state index is 0.659. The van der Waals surface area contributed by atoms with Crippen molar-refractivity contribution in [2.45, 2.75) is 31.2 Å². The van der Waals surface area contributed by atoms with Crippen molar-refractivity contribution in [3.63, 3.8) is 0 Å². The number of nitrogens with one attached hydrogen (secondary N) is 1. The largest absolute Gasteiger partial charge is 0.312 e. The van der Waals surface area contributed by atoms with Crippen molar-refractivity contribution in [3.05, 3.63) is 58.7 Å². The first-order chi connectivity index (χ1) is 10.1. The molecule has 0 aliphatic carbocycles.